The van der Waals surface area contributed by atoms with E-state index in [4.69, 9.17) is 0 Å². The zero-order chi connectivity index (χ0) is 13.8. The standard InChI is InChI=1S/C14H16N2O3/c1-16-9-11(7-14(16)19)15-13(18)8-12(17)10-5-3-2-4-6-10/h2-6,11H,7-9H2,1H3,(H,15,18). The van der Waals surface area contributed by atoms with Gasteiger partial charge in [0.25, 0.3) is 0 Å². The van der Waals surface area contributed by atoms with Gasteiger partial charge in [0.15, 0.2) is 5.78 Å². The van der Waals surface area contributed by atoms with Crippen LogP contribution in [0.2, 0.25) is 0 Å². The Labute approximate surface area is 111 Å². The lowest BCUT2D eigenvalue weighted by molar-refractivity contribution is -0.126. The highest BCUT2D eigenvalue weighted by molar-refractivity contribution is 6.07. The van der Waals surface area contributed by atoms with Crippen LogP contribution in [0, 0.1) is 0 Å². The third-order valence-electron chi connectivity index (χ3n) is 3.12. The first-order valence-electron chi connectivity index (χ1n) is 6.18. The first kappa shape index (κ1) is 13.3. The maximum absolute atomic E-state index is 11.8. The van der Waals surface area contributed by atoms with Crippen LogP contribution in [-0.4, -0.2) is 42.1 Å². The lowest BCUT2D eigenvalue weighted by Crippen LogP contribution is -2.37. The molecule has 0 saturated carbocycles. The molecule has 19 heavy (non-hydrogen) atoms. The second-order valence-electron chi connectivity index (χ2n) is 4.71. The normalized spacial score (nSPS) is 18.5. The van der Waals surface area contributed by atoms with Gasteiger partial charge in [-0.2, -0.15) is 0 Å². The van der Waals surface area contributed by atoms with E-state index in [1.807, 2.05) is 6.07 Å². The van der Waals surface area contributed by atoms with E-state index >= 15 is 0 Å². The summed E-state index contributed by atoms with van der Waals surface area (Å²) < 4.78 is 0. The first-order chi connectivity index (χ1) is 9.06. The van der Waals surface area contributed by atoms with E-state index in [1.165, 1.54) is 0 Å². The Morgan fingerprint density at radius 3 is 2.58 bits per heavy atom. The summed E-state index contributed by atoms with van der Waals surface area (Å²) in [4.78, 5) is 36.4. The summed E-state index contributed by atoms with van der Waals surface area (Å²) in [6.45, 7) is 0.504. The molecule has 1 aliphatic rings. The van der Waals surface area contributed by atoms with Crippen LogP contribution in [-0.2, 0) is 9.59 Å². The summed E-state index contributed by atoms with van der Waals surface area (Å²) in [5.41, 5.74) is 0.525. The topological polar surface area (TPSA) is 66.5 Å². The second-order valence-corrected chi connectivity index (χ2v) is 4.71. The molecule has 1 atom stereocenters. The van der Waals surface area contributed by atoms with E-state index in [-0.39, 0.29) is 30.1 Å². The molecule has 0 aliphatic carbocycles. The quantitative estimate of drug-likeness (QED) is 0.637. The molecule has 1 aliphatic heterocycles. The maximum Gasteiger partial charge on any atom is 0.228 e. The van der Waals surface area contributed by atoms with Gasteiger partial charge in [0, 0.05) is 25.6 Å². The van der Waals surface area contributed by atoms with Crippen LogP contribution in [0.25, 0.3) is 0 Å². The van der Waals surface area contributed by atoms with Crippen LogP contribution in [0.1, 0.15) is 23.2 Å². The summed E-state index contributed by atoms with van der Waals surface area (Å²) in [5.74, 6) is -0.530. The third kappa shape index (κ3) is 3.40. The fraction of sp³-hybridized carbons (Fsp3) is 0.357. The molecule has 1 aromatic rings. The summed E-state index contributed by atoms with van der Waals surface area (Å²) in [6.07, 6.45) is 0.125. The average molecular weight is 260 g/mol. The van der Waals surface area contributed by atoms with E-state index in [1.54, 1.807) is 36.2 Å². The van der Waals surface area contributed by atoms with E-state index < -0.39 is 0 Å². The third-order valence-corrected chi connectivity index (χ3v) is 3.12. The molecule has 0 aromatic heterocycles. The number of likely N-dealkylation sites (tertiary alicyclic amines) is 1. The summed E-state index contributed by atoms with van der Waals surface area (Å²) in [7, 11) is 1.70. The Bertz CT molecular complexity index is 499. The van der Waals surface area contributed by atoms with Gasteiger partial charge in [-0.3, -0.25) is 14.4 Å². The van der Waals surface area contributed by atoms with Crippen LogP contribution >= 0.6 is 0 Å². The van der Waals surface area contributed by atoms with E-state index in [9.17, 15) is 14.4 Å². The lowest BCUT2D eigenvalue weighted by atomic mass is 10.1. The van der Waals surface area contributed by atoms with Crippen LogP contribution in [0.4, 0.5) is 0 Å². The Kier molecular flexibility index (Phi) is 3.94. The molecule has 1 aromatic carbocycles. The first-order valence-corrected chi connectivity index (χ1v) is 6.18. The maximum atomic E-state index is 11.8. The number of benzene rings is 1. The minimum atomic E-state index is -0.332. The van der Waals surface area contributed by atoms with Gasteiger partial charge in [-0.1, -0.05) is 30.3 Å². The number of hydrogen-bond donors (Lipinski definition) is 1. The fourth-order valence-corrected chi connectivity index (χ4v) is 2.11. The Hall–Kier alpha value is -2.17. The van der Waals surface area contributed by atoms with Gasteiger partial charge < -0.3 is 10.2 Å². The predicted molar refractivity (Wildman–Crippen MR) is 69.6 cm³/mol. The molecule has 1 saturated heterocycles. The molecule has 5 heteroatoms. The molecule has 0 bridgehead atoms. The Morgan fingerprint density at radius 1 is 1.32 bits per heavy atom. The van der Waals surface area contributed by atoms with E-state index in [0.29, 0.717) is 18.5 Å². The highest BCUT2D eigenvalue weighted by Crippen LogP contribution is 2.09. The fourth-order valence-electron chi connectivity index (χ4n) is 2.11. The number of rotatable bonds is 4. The lowest BCUT2D eigenvalue weighted by Gasteiger charge is -2.12. The van der Waals surface area contributed by atoms with Crippen molar-refractivity contribution in [3.8, 4) is 0 Å². The van der Waals surface area contributed by atoms with Crippen molar-refractivity contribution in [2.75, 3.05) is 13.6 Å². The zero-order valence-electron chi connectivity index (χ0n) is 10.8. The largest absolute Gasteiger partial charge is 0.351 e. The van der Waals surface area contributed by atoms with Crippen molar-refractivity contribution in [3.05, 3.63) is 35.9 Å². The number of amides is 2. The second kappa shape index (κ2) is 5.65. The molecule has 2 rings (SSSR count). The highest BCUT2D eigenvalue weighted by atomic mass is 16.2. The number of ketones is 1. The SMILES string of the molecule is CN1CC(NC(=O)CC(=O)c2ccccc2)CC1=O. The van der Waals surface area contributed by atoms with Crippen molar-refractivity contribution in [2.45, 2.75) is 18.9 Å². The van der Waals surface area contributed by atoms with Crippen LogP contribution in [0.5, 0.6) is 0 Å². The van der Waals surface area contributed by atoms with Gasteiger partial charge in [0.2, 0.25) is 11.8 Å². The molecule has 1 heterocycles. The molecular formula is C14H16N2O3. The van der Waals surface area contributed by atoms with Gasteiger partial charge in [-0.05, 0) is 0 Å². The van der Waals surface area contributed by atoms with Crippen molar-refractivity contribution in [2.24, 2.45) is 0 Å². The zero-order valence-corrected chi connectivity index (χ0v) is 10.8. The van der Waals surface area contributed by atoms with Gasteiger partial charge in [-0.15, -0.1) is 0 Å². The molecule has 1 N–H and O–H groups in total. The summed E-state index contributed by atoms with van der Waals surface area (Å²) >= 11 is 0. The number of hydrogen-bond acceptors (Lipinski definition) is 3. The number of carbonyl (C=O) groups excluding carboxylic acids is 3. The van der Waals surface area contributed by atoms with Crippen molar-refractivity contribution >= 4 is 17.6 Å². The minimum absolute atomic E-state index is 0.0136. The number of likely N-dealkylation sites (N-methyl/N-ethyl adjacent to an activating group) is 1. The van der Waals surface area contributed by atoms with Gasteiger partial charge >= 0.3 is 0 Å². The van der Waals surface area contributed by atoms with Crippen molar-refractivity contribution in [3.63, 3.8) is 0 Å². The van der Waals surface area contributed by atoms with Crippen molar-refractivity contribution in [1.82, 2.24) is 10.2 Å². The Balaban J connectivity index is 1.85. The molecular weight excluding hydrogens is 244 g/mol. The number of nitrogens with zero attached hydrogens (tertiary/aromatic N) is 1. The molecule has 0 radical (unpaired) electrons. The predicted octanol–water partition coefficient (Wildman–Crippen LogP) is 0.606. The molecule has 1 unspecified atom stereocenters. The van der Waals surface area contributed by atoms with Gasteiger partial charge in [0.05, 0.1) is 12.5 Å². The van der Waals surface area contributed by atoms with Crippen LogP contribution in [0.3, 0.4) is 0 Å². The minimum Gasteiger partial charge on any atom is -0.351 e. The van der Waals surface area contributed by atoms with Crippen molar-refractivity contribution < 1.29 is 14.4 Å². The average Bonchev–Trinajstić information content (AvgIpc) is 2.69. The Morgan fingerprint density at radius 2 is 2.00 bits per heavy atom. The molecule has 5 nitrogen and oxygen atoms in total. The van der Waals surface area contributed by atoms with E-state index in [0.717, 1.165) is 0 Å². The molecule has 100 valence electrons. The highest BCUT2D eigenvalue weighted by Gasteiger charge is 2.28. The molecule has 1 fully saturated rings. The summed E-state index contributed by atoms with van der Waals surface area (Å²) in [5, 5.41) is 2.72. The number of nitrogens with one attached hydrogen (secondary N) is 1. The van der Waals surface area contributed by atoms with Gasteiger partial charge in [0.1, 0.15) is 0 Å². The van der Waals surface area contributed by atoms with Gasteiger partial charge in [-0.25, -0.2) is 0 Å². The van der Waals surface area contributed by atoms with Crippen LogP contribution < -0.4 is 5.32 Å². The molecule has 0 spiro atoms. The van der Waals surface area contributed by atoms with E-state index in [2.05, 4.69) is 5.32 Å². The smallest absolute Gasteiger partial charge is 0.228 e. The number of Topliss-reactive ketones (excluding diaryl/α,β-unsaturated/α-hetero) is 1. The van der Waals surface area contributed by atoms with Crippen LogP contribution in [0.15, 0.2) is 30.3 Å². The number of carbonyl (C=O) groups is 3. The van der Waals surface area contributed by atoms with Crippen molar-refractivity contribution in [1.29, 1.82) is 0 Å². The monoisotopic (exact) mass is 260 g/mol. The molecule has 2 amide bonds. The summed E-state index contributed by atoms with van der Waals surface area (Å²) in [6, 6.07) is 8.52.